The number of furan rings is 1. The van der Waals surface area contributed by atoms with Gasteiger partial charge >= 0.3 is 0 Å². The van der Waals surface area contributed by atoms with Gasteiger partial charge in [-0.15, -0.1) is 11.3 Å². The van der Waals surface area contributed by atoms with Crippen LogP contribution in [0.1, 0.15) is 50.1 Å². The Kier molecular flexibility index (Phi) is 5.16. The smallest absolute Gasteiger partial charge is 0.162 e. The first kappa shape index (κ1) is 14.3. The highest BCUT2D eigenvalue weighted by atomic mass is 32.1. The van der Waals surface area contributed by atoms with Crippen LogP contribution in [0.2, 0.25) is 0 Å². The first-order chi connectivity index (χ1) is 9.22. The standard InChI is InChI=1S/C15H22N2OS/c1-4-5-8-16-10-13-14(11(2)3)17-15(19-13)12-7-6-9-18-12/h6-7,9,11,16H,4-5,8,10H2,1-3H3. The van der Waals surface area contributed by atoms with Crippen LogP contribution in [0.25, 0.3) is 10.8 Å². The molecule has 0 bridgehead atoms. The minimum Gasteiger partial charge on any atom is -0.462 e. The maximum atomic E-state index is 5.44. The molecular weight excluding hydrogens is 256 g/mol. The predicted molar refractivity (Wildman–Crippen MR) is 80.5 cm³/mol. The van der Waals surface area contributed by atoms with Crippen LogP contribution in [0.4, 0.5) is 0 Å². The van der Waals surface area contributed by atoms with Gasteiger partial charge in [-0.25, -0.2) is 4.98 Å². The average molecular weight is 278 g/mol. The summed E-state index contributed by atoms with van der Waals surface area (Å²) in [4.78, 5) is 6.07. The maximum absolute atomic E-state index is 5.44. The van der Waals surface area contributed by atoms with Crippen LogP contribution >= 0.6 is 11.3 Å². The van der Waals surface area contributed by atoms with E-state index in [2.05, 4.69) is 26.1 Å². The van der Waals surface area contributed by atoms with Gasteiger partial charge in [0.2, 0.25) is 0 Å². The molecule has 2 aromatic rings. The maximum Gasteiger partial charge on any atom is 0.162 e. The van der Waals surface area contributed by atoms with Gasteiger partial charge in [0.25, 0.3) is 0 Å². The molecule has 0 radical (unpaired) electrons. The molecule has 3 nitrogen and oxygen atoms in total. The molecule has 0 aromatic carbocycles. The average Bonchev–Trinajstić information content (AvgIpc) is 3.03. The van der Waals surface area contributed by atoms with Crippen LogP contribution in [0, 0.1) is 0 Å². The van der Waals surface area contributed by atoms with Gasteiger partial charge in [-0.2, -0.15) is 0 Å². The zero-order chi connectivity index (χ0) is 13.7. The van der Waals surface area contributed by atoms with Gasteiger partial charge < -0.3 is 9.73 Å². The third-order valence-electron chi connectivity index (χ3n) is 3.00. The molecule has 0 saturated heterocycles. The number of nitrogens with one attached hydrogen (secondary N) is 1. The summed E-state index contributed by atoms with van der Waals surface area (Å²) < 4.78 is 5.44. The fourth-order valence-electron chi connectivity index (χ4n) is 1.95. The van der Waals surface area contributed by atoms with Crippen molar-refractivity contribution < 1.29 is 4.42 Å². The zero-order valence-electron chi connectivity index (χ0n) is 11.9. The van der Waals surface area contributed by atoms with Crippen molar-refractivity contribution >= 4 is 11.3 Å². The summed E-state index contributed by atoms with van der Waals surface area (Å²) in [6.45, 7) is 8.57. The molecule has 0 aliphatic rings. The first-order valence-corrected chi connectivity index (χ1v) is 7.78. The number of hydrogen-bond acceptors (Lipinski definition) is 4. The molecule has 0 spiro atoms. The van der Waals surface area contributed by atoms with Crippen LogP contribution < -0.4 is 5.32 Å². The van der Waals surface area contributed by atoms with Gasteiger partial charge in [-0.3, -0.25) is 0 Å². The van der Waals surface area contributed by atoms with Gasteiger partial charge in [0.05, 0.1) is 12.0 Å². The lowest BCUT2D eigenvalue weighted by molar-refractivity contribution is 0.581. The second-order valence-corrected chi connectivity index (χ2v) is 6.07. The van der Waals surface area contributed by atoms with Crippen LogP contribution in [0.5, 0.6) is 0 Å². The van der Waals surface area contributed by atoms with E-state index in [1.54, 1.807) is 17.6 Å². The summed E-state index contributed by atoms with van der Waals surface area (Å²) in [6.07, 6.45) is 4.15. The van der Waals surface area contributed by atoms with Gasteiger partial charge in [0.15, 0.2) is 10.8 Å². The number of unbranched alkanes of at least 4 members (excludes halogenated alkanes) is 1. The van der Waals surface area contributed by atoms with Crippen molar-refractivity contribution in [1.82, 2.24) is 10.3 Å². The normalized spacial score (nSPS) is 11.4. The van der Waals surface area contributed by atoms with E-state index in [-0.39, 0.29) is 0 Å². The Hall–Kier alpha value is -1.13. The fourth-order valence-corrected chi connectivity index (χ4v) is 3.10. The van der Waals surface area contributed by atoms with Crippen molar-refractivity contribution in [1.29, 1.82) is 0 Å². The molecule has 2 aromatic heterocycles. The Labute approximate surface area is 119 Å². The highest BCUT2D eigenvalue weighted by Gasteiger charge is 2.16. The molecule has 4 heteroatoms. The van der Waals surface area contributed by atoms with Crippen molar-refractivity contribution in [3.63, 3.8) is 0 Å². The second kappa shape index (κ2) is 6.87. The van der Waals surface area contributed by atoms with Crippen LogP contribution in [-0.4, -0.2) is 11.5 Å². The SMILES string of the molecule is CCCCNCc1sc(-c2ccco2)nc1C(C)C. The van der Waals surface area contributed by atoms with Crippen molar-refractivity contribution in [2.24, 2.45) is 0 Å². The molecule has 0 aliphatic carbocycles. The molecule has 2 heterocycles. The molecule has 1 N–H and O–H groups in total. The van der Waals surface area contributed by atoms with Gasteiger partial charge in [-0.1, -0.05) is 27.2 Å². The summed E-state index contributed by atoms with van der Waals surface area (Å²) in [6, 6.07) is 3.88. The van der Waals surface area contributed by atoms with Crippen molar-refractivity contribution in [2.75, 3.05) is 6.54 Å². The van der Waals surface area contributed by atoms with E-state index < -0.39 is 0 Å². The molecule has 19 heavy (non-hydrogen) atoms. The molecule has 0 aliphatic heterocycles. The van der Waals surface area contributed by atoms with E-state index in [0.717, 1.165) is 23.9 Å². The molecule has 0 atom stereocenters. The fraction of sp³-hybridized carbons (Fsp3) is 0.533. The second-order valence-electron chi connectivity index (χ2n) is 4.99. The Morgan fingerprint density at radius 1 is 1.42 bits per heavy atom. The summed E-state index contributed by atoms with van der Waals surface area (Å²) in [7, 11) is 0. The molecule has 0 fully saturated rings. The number of rotatable bonds is 7. The van der Waals surface area contributed by atoms with Crippen LogP contribution in [-0.2, 0) is 6.54 Å². The van der Waals surface area contributed by atoms with Crippen LogP contribution in [0.3, 0.4) is 0 Å². The molecule has 0 amide bonds. The van der Waals surface area contributed by atoms with E-state index in [4.69, 9.17) is 9.40 Å². The Morgan fingerprint density at radius 3 is 2.89 bits per heavy atom. The monoisotopic (exact) mass is 278 g/mol. The Balaban J connectivity index is 2.12. The summed E-state index contributed by atoms with van der Waals surface area (Å²) in [5.74, 6) is 1.31. The van der Waals surface area contributed by atoms with E-state index in [1.807, 2.05) is 12.1 Å². The molecular formula is C15H22N2OS. The van der Waals surface area contributed by atoms with Crippen molar-refractivity contribution in [2.45, 2.75) is 46.1 Å². The lowest BCUT2D eigenvalue weighted by atomic mass is 10.1. The third kappa shape index (κ3) is 3.67. The highest BCUT2D eigenvalue weighted by Crippen LogP contribution is 2.31. The Morgan fingerprint density at radius 2 is 2.26 bits per heavy atom. The third-order valence-corrected chi connectivity index (χ3v) is 4.08. The zero-order valence-corrected chi connectivity index (χ0v) is 12.7. The predicted octanol–water partition coefficient (Wildman–Crippen LogP) is 4.42. The van der Waals surface area contributed by atoms with Crippen LogP contribution in [0.15, 0.2) is 22.8 Å². The van der Waals surface area contributed by atoms with Gasteiger partial charge in [0, 0.05) is 11.4 Å². The Bertz CT molecular complexity index is 488. The van der Waals surface area contributed by atoms with Gasteiger partial charge in [0.1, 0.15) is 0 Å². The summed E-state index contributed by atoms with van der Waals surface area (Å²) in [5, 5.41) is 4.48. The molecule has 104 valence electrons. The van der Waals surface area contributed by atoms with E-state index in [1.165, 1.54) is 23.4 Å². The number of hydrogen-bond donors (Lipinski definition) is 1. The van der Waals surface area contributed by atoms with E-state index >= 15 is 0 Å². The largest absolute Gasteiger partial charge is 0.462 e. The minimum atomic E-state index is 0.447. The lowest BCUT2D eigenvalue weighted by Gasteiger charge is -2.06. The van der Waals surface area contributed by atoms with Gasteiger partial charge in [-0.05, 0) is 31.0 Å². The summed E-state index contributed by atoms with van der Waals surface area (Å²) >= 11 is 1.74. The molecule has 0 unspecified atom stereocenters. The quantitative estimate of drug-likeness (QED) is 0.762. The molecule has 2 rings (SSSR count). The summed E-state index contributed by atoms with van der Waals surface area (Å²) in [5.41, 5.74) is 1.19. The van der Waals surface area contributed by atoms with E-state index in [0.29, 0.717) is 5.92 Å². The number of thiazole rings is 1. The number of aromatic nitrogens is 1. The first-order valence-electron chi connectivity index (χ1n) is 6.96. The van der Waals surface area contributed by atoms with E-state index in [9.17, 15) is 0 Å². The highest BCUT2D eigenvalue weighted by molar-refractivity contribution is 7.15. The topological polar surface area (TPSA) is 38.1 Å². The molecule has 0 saturated carbocycles. The number of nitrogens with zero attached hydrogens (tertiary/aromatic N) is 1. The van der Waals surface area contributed by atoms with Crippen molar-refractivity contribution in [3.05, 3.63) is 29.0 Å². The lowest BCUT2D eigenvalue weighted by Crippen LogP contribution is -2.14. The minimum absolute atomic E-state index is 0.447. The van der Waals surface area contributed by atoms with Crippen molar-refractivity contribution in [3.8, 4) is 10.8 Å².